The van der Waals surface area contributed by atoms with Crippen molar-refractivity contribution in [3.63, 3.8) is 0 Å². The van der Waals surface area contributed by atoms with E-state index in [0.29, 0.717) is 23.2 Å². The average Bonchev–Trinajstić information content (AvgIpc) is 2.69. The lowest BCUT2D eigenvalue weighted by Gasteiger charge is -2.49. The molecule has 1 fully saturated rings. The van der Waals surface area contributed by atoms with Crippen LogP contribution in [0.5, 0.6) is 0 Å². The largest absolute Gasteiger partial charge is 0.416 e. The molecule has 6 heteroatoms. The van der Waals surface area contributed by atoms with Crippen LogP contribution < -0.4 is 0 Å². The summed E-state index contributed by atoms with van der Waals surface area (Å²) in [5, 5.41) is 0. The number of carbonyl (C=O) groups is 1. The number of rotatable bonds is 13. The second kappa shape index (κ2) is 11.9. The van der Waals surface area contributed by atoms with Gasteiger partial charge in [-0.2, -0.15) is 0 Å². The van der Waals surface area contributed by atoms with Gasteiger partial charge < -0.3 is 13.6 Å². The first-order valence-electron chi connectivity index (χ1n) is 12.8. The molecule has 0 amide bonds. The molecule has 0 aliphatic carbocycles. The van der Waals surface area contributed by atoms with Crippen LogP contribution in [0.15, 0.2) is 0 Å². The van der Waals surface area contributed by atoms with Gasteiger partial charge in [0.05, 0.1) is 11.7 Å². The monoisotopic (exact) mass is 472 g/mol. The Morgan fingerprint density at radius 2 is 1.48 bits per heavy atom. The van der Waals surface area contributed by atoms with E-state index in [-0.39, 0.29) is 23.6 Å². The number of hydrogen-bond acceptors (Lipinski definition) is 4. The molecule has 0 N–H and O–H groups in total. The summed E-state index contributed by atoms with van der Waals surface area (Å²) in [6.45, 7) is 25.3. The van der Waals surface area contributed by atoms with Crippen LogP contribution in [-0.4, -0.2) is 46.8 Å². The Morgan fingerprint density at radius 3 is 1.87 bits per heavy atom. The molecule has 1 heterocycles. The summed E-state index contributed by atoms with van der Waals surface area (Å²) in [5.41, 5.74) is 1.36. The maximum Gasteiger partial charge on any atom is 0.200 e. The summed E-state index contributed by atoms with van der Waals surface area (Å²) in [5.74, 6) is 0.133. The fourth-order valence-corrected chi connectivity index (χ4v) is 14.7. The maximum atomic E-state index is 12.1. The van der Waals surface area contributed by atoms with Crippen molar-refractivity contribution >= 4 is 22.4 Å². The minimum absolute atomic E-state index is 0.0927. The number of hydrogen-bond donors (Lipinski definition) is 0. The van der Waals surface area contributed by atoms with Crippen molar-refractivity contribution in [3.05, 3.63) is 0 Å². The minimum Gasteiger partial charge on any atom is -0.416 e. The maximum absolute atomic E-state index is 12.1. The molecule has 0 saturated carbocycles. The van der Waals surface area contributed by atoms with Crippen molar-refractivity contribution in [2.45, 2.75) is 148 Å². The lowest BCUT2D eigenvalue weighted by molar-refractivity contribution is -0.173. The molecular weight excluding hydrogens is 420 g/mol. The highest BCUT2D eigenvalue weighted by molar-refractivity contribution is 6.77. The molecule has 0 aromatic rings. The van der Waals surface area contributed by atoms with Crippen LogP contribution in [0, 0.1) is 0 Å². The Kier molecular flexibility index (Phi) is 11.1. The lowest BCUT2D eigenvalue weighted by Crippen LogP contribution is -2.57. The van der Waals surface area contributed by atoms with Crippen LogP contribution in [0.3, 0.4) is 0 Å². The molecule has 1 aliphatic heterocycles. The first-order chi connectivity index (χ1) is 14.3. The quantitative estimate of drug-likeness (QED) is 0.260. The SMILES string of the molecule is CC[Si](CC)(CC)O[C@]1(C)CC[C@H](C(C)=O)O[C@@H]1CCO[Si](C(C)C)(C(C)C)C(C)C. The zero-order valence-electron chi connectivity index (χ0n) is 22.5. The molecule has 0 spiro atoms. The molecule has 4 nitrogen and oxygen atoms in total. The van der Waals surface area contributed by atoms with E-state index in [1.54, 1.807) is 6.92 Å². The smallest absolute Gasteiger partial charge is 0.200 e. The van der Waals surface area contributed by atoms with Crippen LogP contribution in [0.4, 0.5) is 0 Å². The van der Waals surface area contributed by atoms with E-state index >= 15 is 0 Å². The van der Waals surface area contributed by atoms with Crippen molar-refractivity contribution in [2.24, 2.45) is 0 Å². The van der Waals surface area contributed by atoms with Gasteiger partial charge in [-0.15, -0.1) is 0 Å². The van der Waals surface area contributed by atoms with Crippen LogP contribution >= 0.6 is 0 Å². The van der Waals surface area contributed by atoms with Crippen LogP contribution in [0.1, 0.15) is 95.4 Å². The van der Waals surface area contributed by atoms with Crippen LogP contribution in [-0.2, 0) is 18.4 Å². The average molecular weight is 473 g/mol. The lowest BCUT2D eigenvalue weighted by atomic mass is 9.86. The van der Waals surface area contributed by atoms with Gasteiger partial charge in [0.15, 0.2) is 22.4 Å². The van der Waals surface area contributed by atoms with Crippen molar-refractivity contribution < 1.29 is 18.4 Å². The molecule has 31 heavy (non-hydrogen) atoms. The van der Waals surface area contributed by atoms with Gasteiger partial charge in [-0.05, 0) is 67.9 Å². The minimum atomic E-state index is -1.92. The first kappa shape index (κ1) is 29.0. The van der Waals surface area contributed by atoms with E-state index in [9.17, 15) is 4.79 Å². The summed E-state index contributed by atoms with van der Waals surface area (Å²) in [6.07, 6.45) is 2.04. The zero-order chi connectivity index (χ0) is 24.0. The molecule has 184 valence electrons. The highest BCUT2D eigenvalue weighted by Crippen LogP contribution is 2.43. The van der Waals surface area contributed by atoms with Crippen molar-refractivity contribution in [2.75, 3.05) is 6.61 Å². The van der Waals surface area contributed by atoms with E-state index in [0.717, 1.165) is 37.4 Å². The Hall–Kier alpha value is -0.0162. The van der Waals surface area contributed by atoms with E-state index in [1.807, 2.05) is 0 Å². The highest BCUT2D eigenvalue weighted by atomic mass is 28.4. The van der Waals surface area contributed by atoms with E-state index < -0.39 is 16.6 Å². The molecule has 1 rings (SSSR count). The topological polar surface area (TPSA) is 44.8 Å². The predicted octanol–water partition coefficient (Wildman–Crippen LogP) is 7.49. The van der Waals surface area contributed by atoms with Crippen LogP contribution in [0.25, 0.3) is 0 Å². The van der Waals surface area contributed by atoms with Gasteiger partial charge in [-0.3, -0.25) is 4.79 Å². The summed E-state index contributed by atoms with van der Waals surface area (Å²) in [4.78, 5) is 12.1. The molecule has 0 bridgehead atoms. The Bertz CT molecular complexity index is 530. The standard InChI is InChI=1S/C25H52O4Si2/c1-12-30(13-2,14-3)29-25(11)17-15-23(22(10)26)28-24(25)16-18-27-31(19(4)5,20(6)7)21(8)9/h19-21,23-24H,12-18H2,1-11H3/t23-,24-,25-/m1/s1. The van der Waals surface area contributed by atoms with Gasteiger partial charge in [-0.1, -0.05) is 62.3 Å². The number of Topliss-reactive ketones (excluding diaryl/α,β-unsaturated/α-hetero) is 1. The first-order valence-corrected chi connectivity index (χ1v) is 17.5. The van der Waals surface area contributed by atoms with Crippen molar-refractivity contribution in [1.82, 2.24) is 0 Å². The van der Waals surface area contributed by atoms with Gasteiger partial charge in [-0.25, -0.2) is 0 Å². The third-order valence-electron chi connectivity index (χ3n) is 8.19. The summed E-state index contributed by atoms with van der Waals surface area (Å²) < 4.78 is 20.3. The molecule has 3 atom stereocenters. The molecule has 0 radical (unpaired) electrons. The number of ketones is 1. The molecule has 0 aromatic carbocycles. The second-order valence-electron chi connectivity index (χ2n) is 10.9. The van der Waals surface area contributed by atoms with Crippen molar-refractivity contribution in [1.29, 1.82) is 0 Å². The van der Waals surface area contributed by atoms with E-state index in [2.05, 4.69) is 69.2 Å². The van der Waals surface area contributed by atoms with Gasteiger partial charge >= 0.3 is 0 Å². The molecule has 0 aromatic heterocycles. The third kappa shape index (κ3) is 6.53. The van der Waals surface area contributed by atoms with Gasteiger partial charge in [0.1, 0.15) is 6.10 Å². The normalized spacial score (nSPS) is 25.6. The van der Waals surface area contributed by atoms with Crippen molar-refractivity contribution in [3.8, 4) is 0 Å². The van der Waals surface area contributed by atoms with E-state index in [1.165, 1.54) is 0 Å². The molecule has 1 saturated heterocycles. The zero-order valence-corrected chi connectivity index (χ0v) is 24.5. The third-order valence-corrected chi connectivity index (χ3v) is 19.1. The predicted molar refractivity (Wildman–Crippen MR) is 137 cm³/mol. The summed E-state index contributed by atoms with van der Waals surface area (Å²) in [6, 6.07) is 3.37. The fraction of sp³-hybridized carbons (Fsp3) is 0.960. The van der Waals surface area contributed by atoms with Crippen LogP contribution in [0.2, 0.25) is 34.8 Å². The second-order valence-corrected chi connectivity index (χ2v) is 21.0. The molecule has 1 aliphatic rings. The summed E-state index contributed by atoms with van der Waals surface area (Å²) >= 11 is 0. The number of ether oxygens (including phenoxy) is 1. The van der Waals surface area contributed by atoms with Gasteiger partial charge in [0, 0.05) is 6.61 Å². The molecule has 0 unspecified atom stereocenters. The Morgan fingerprint density at radius 1 is 1.00 bits per heavy atom. The van der Waals surface area contributed by atoms with Gasteiger partial charge in [0.25, 0.3) is 0 Å². The van der Waals surface area contributed by atoms with Gasteiger partial charge in [0.2, 0.25) is 0 Å². The summed E-state index contributed by atoms with van der Waals surface area (Å²) in [7, 11) is -3.71. The Labute approximate surface area is 195 Å². The fourth-order valence-electron chi connectivity index (χ4n) is 6.08. The van der Waals surface area contributed by atoms with E-state index in [4.69, 9.17) is 13.6 Å². The molecular formula is C25H52O4Si2. The highest BCUT2D eigenvalue weighted by Gasteiger charge is 2.49. The Balaban J connectivity index is 3.09. The number of carbonyl (C=O) groups excluding carboxylic acids is 1.